The van der Waals surface area contributed by atoms with Crippen LogP contribution in [0.4, 0.5) is 5.82 Å². The van der Waals surface area contributed by atoms with Crippen molar-refractivity contribution in [2.75, 3.05) is 19.4 Å². The first kappa shape index (κ1) is 16.4. The number of hydrogen-bond donors (Lipinski definition) is 1. The smallest absolute Gasteiger partial charge is 0.242 e. The summed E-state index contributed by atoms with van der Waals surface area (Å²) in [5, 5.41) is 7.56. The van der Waals surface area contributed by atoms with Crippen molar-refractivity contribution >= 4 is 21.4 Å². The summed E-state index contributed by atoms with van der Waals surface area (Å²) in [7, 11) is -0.446. The number of aromatic nitrogens is 3. The molecule has 0 atom stereocenters. The van der Waals surface area contributed by atoms with Gasteiger partial charge in [-0.1, -0.05) is 18.2 Å². The predicted molar refractivity (Wildman–Crippen MR) is 92.4 cm³/mol. The fraction of sp³-hybridized carbons (Fsp3) is 0.250. The molecule has 0 bridgehead atoms. The SMILES string of the molecule is Cc1cc2c(NCc3ccccc3S(=O)(=O)N(C)C)nccn2n1. The Bertz CT molecular complexity index is 979. The predicted octanol–water partition coefficient (Wildman–Crippen LogP) is 1.90. The lowest BCUT2D eigenvalue weighted by Crippen LogP contribution is -2.23. The van der Waals surface area contributed by atoms with Crippen molar-refractivity contribution in [2.45, 2.75) is 18.4 Å². The van der Waals surface area contributed by atoms with E-state index in [0.717, 1.165) is 11.2 Å². The molecule has 0 aliphatic heterocycles. The number of nitrogens with zero attached hydrogens (tertiary/aromatic N) is 4. The van der Waals surface area contributed by atoms with Crippen LogP contribution in [-0.4, -0.2) is 41.4 Å². The molecule has 0 saturated heterocycles. The second-order valence-electron chi connectivity index (χ2n) is 5.64. The maximum Gasteiger partial charge on any atom is 0.242 e. The lowest BCUT2D eigenvalue weighted by atomic mass is 10.2. The van der Waals surface area contributed by atoms with Gasteiger partial charge >= 0.3 is 0 Å². The van der Waals surface area contributed by atoms with Crippen molar-refractivity contribution < 1.29 is 8.42 Å². The molecule has 0 saturated carbocycles. The minimum absolute atomic E-state index is 0.291. The number of anilines is 1. The van der Waals surface area contributed by atoms with Crippen LogP contribution in [0.15, 0.2) is 47.6 Å². The van der Waals surface area contributed by atoms with Gasteiger partial charge in [-0.2, -0.15) is 5.10 Å². The first-order valence-corrected chi connectivity index (χ1v) is 8.89. The Kier molecular flexibility index (Phi) is 4.25. The van der Waals surface area contributed by atoms with E-state index in [0.29, 0.717) is 22.8 Å². The summed E-state index contributed by atoms with van der Waals surface area (Å²) in [5.41, 5.74) is 2.43. The molecule has 0 unspecified atom stereocenters. The quantitative estimate of drug-likeness (QED) is 0.764. The van der Waals surface area contributed by atoms with E-state index in [-0.39, 0.29) is 0 Å². The Balaban J connectivity index is 1.93. The van der Waals surface area contributed by atoms with E-state index in [9.17, 15) is 8.42 Å². The maximum absolute atomic E-state index is 12.4. The number of rotatable bonds is 5. The normalized spacial score (nSPS) is 12.0. The first-order chi connectivity index (χ1) is 11.4. The van der Waals surface area contributed by atoms with Crippen LogP contribution in [0, 0.1) is 6.92 Å². The van der Waals surface area contributed by atoms with Crippen LogP contribution in [0.5, 0.6) is 0 Å². The molecular weight excluding hydrogens is 326 g/mol. The average molecular weight is 345 g/mol. The minimum atomic E-state index is -3.49. The Hall–Kier alpha value is -2.45. The summed E-state index contributed by atoms with van der Waals surface area (Å²) >= 11 is 0. The molecule has 1 aromatic carbocycles. The highest BCUT2D eigenvalue weighted by molar-refractivity contribution is 7.89. The lowest BCUT2D eigenvalue weighted by molar-refractivity contribution is 0.520. The third-order valence-electron chi connectivity index (χ3n) is 3.69. The molecule has 0 amide bonds. The summed E-state index contributed by atoms with van der Waals surface area (Å²) in [6, 6.07) is 8.88. The van der Waals surface area contributed by atoms with Gasteiger partial charge in [-0.3, -0.25) is 0 Å². The summed E-state index contributed by atoms with van der Waals surface area (Å²) < 4.78 is 27.9. The Morgan fingerprint density at radius 1 is 1.25 bits per heavy atom. The molecule has 7 nitrogen and oxygen atoms in total. The zero-order valence-corrected chi connectivity index (χ0v) is 14.6. The first-order valence-electron chi connectivity index (χ1n) is 7.45. The van der Waals surface area contributed by atoms with Crippen molar-refractivity contribution in [1.82, 2.24) is 18.9 Å². The highest BCUT2D eigenvalue weighted by Gasteiger charge is 2.20. The van der Waals surface area contributed by atoms with Gasteiger partial charge in [0.2, 0.25) is 10.0 Å². The zero-order chi connectivity index (χ0) is 17.3. The van der Waals surface area contributed by atoms with Crippen LogP contribution < -0.4 is 5.32 Å². The summed E-state index contributed by atoms with van der Waals surface area (Å²) in [5.74, 6) is 0.662. The van der Waals surface area contributed by atoms with Gasteiger partial charge in [0.25, 0.3) is 0 Å². The molecule has 2 heterocycles. The maximum atomic E-state index is 12.4. The third-order valence-corrected chi connectivity index (χ3v) is 5.61. The molecule has 3 rings (SSSR count). The second kappa shape index (κ2) is 6.21. The third kappa shape index (κ3) is 2.98. The van der Waals surface area contributed by atoms with Gasteiger partial charge in [-0.05, 0) is 24.6 Å². The zero-order valence-electron chi connectivity index (χ0n) is 13.8. The van der Waals surface area contributed by atoms with Crippen LogP contribution in [-0.2, 0) is 16.6 Å². The van der Waals surface area contributed by atoms with Gasteiger partial charge in [-0.25, -0.2) is 22.2 Å². The van der Waals surface area contributed by atoms with Crippen LogP contribution in [0.1, 0.15) is 11.3 Å². The van der Waals surface area contributed by atoms with Crippen molar-refractivity contribution in [2.24, 2.45) is 0 Å². The second-order valence-corrected chi connectivity index (χ2v) is 7.76. The number of fused-ring (bicyclic) bond motifs is 1. The monoisotopic (exact) mass is 345 g/mol. The molecule has 1 N–H and O–H groups in total. The summed E-state index contributed by atoms with van der Waals surface area (Å²) in [4.78, 5) is 4.62. The molecular formula is C16H19N5O2S. The Labute approximate surface area is 141 Å². The van der Waals surface area contributed by atoms with E-state index in [1.165, 1.54) is 18.4 Å². The van der Waals surface area contributed by atoms with Gasteiger partial charge < -0.3 is 5.32 Å². The van der Waals surface area contributed by atoms with Gasteiger partial charge in [0.05, 0.1) is 10.6 Å². The molecule has 126 valence electrons. The molecule has 0 aliphatic rings. The highest BCUT2D eigenvalue weighted by atomic mass is 32.2. The van der Waals surface area contributed by atoms with Gasteiger partial charge in [-0.15, -0.1) is 0 Å². The molecule has 0 radical (unpaired) electrons. The van der Waals surface area contributed by atoms with Crippen LogP contribution in [0.25, 0.3) is 5.52 Å². The van der Waals surface area contributed by atoms with E-state index >= 15 is 0 Å². The molecule has 24 heavy (non-hydrogen) atoms. The number of hydrogen-bond acceptors (Lipinski definition) is 5. The molecule has 2 aromatic heterocycles. The van der Waals surface area contributed by atoms with E-state index < -0.39 is 10.0 Å². The minimum Gasteiger partial charge on any atom is -0.364 e. The molecule has 0 spiro atoms. The van der Waals surface area contributed by atoms with Crippen LogP contribution in [0.2, 0.25) is 0 Å². The van der Waals surface area contributed by atoms with E-state index in [2.05, 4.69) is 15.4 Å². The fourth-order valence-corrected chi connectivity index (χ4v) is 3.57. The highest BCUT2D eigenvalue weighted by Crippen LogP contribution is 2.21. The number of nitrogens with one attached hydrogen (secondary N) is 1. The molecule has 0 fully saturated rings. The topological polar surface area (TPSA) is 79.6 Å². The van der Waals surface area contributed by atoms with Crippen molar-refractivity contribution in [3.8, 4) is 0 Å². The van der Waals surface area contributed by atoms with E-state index in [1.807, 2.05) is 19.1 Å². The number of aryl methyl sites for hydroxylation is 1. The lowest BCUT2D eigenvalue weighted by Gasteiger charge is -2.15. The Morgan fingerprint density at radius 3 is 2.75 bits per heavy atom. The van der Waals surface area contributed by atoms with Gasteiger partial charge in [0.1, 0.15) is 5.52 Å². The molecule has 3 aromatic rings. The van der Waals surface area contributed by atoms with Crippen molar-refractivity contribution in [3.63, 3.8) is 0 Å². The van der Waals surface area contributed by atoms with E-state index in [4.69, 9.17) is 0 Å². The fourth-order valence-electron chi connectivity index (χ4n) is 2.46. The van der Waals surface area contributed by atoms with Gasteiger partial charge in [0.15, 0.2) is 5.82 Å². The molecule has 0 aliphatic carbocycles. The summed E-state index contributed by atoms with van der Waals surface area (Å²) in [6.45, 7) is 2.26. The van der Waals surface area contributed by atoms with Crippen LogP contribution in [0.3, 0.4) is 0 Å². The standard InChI is InChI=1S/C16H19N5O2S/c1-12-10-14-16(17-8-9-21(14)19-12)18-11-13-6-4-5-7-15(13)24(22,23)20(2)3/h4-10H,11H2,1-3H3,(H,17,18). The average Bonchev–Trinajstić information content (AvgIpc) is 2.93. The van der Waals surface area contributed by atoms with E-state index in [1.54, 1.807) is 35.1 Å². The largest absolute Gasteiger partial charge is 0.364 e. The number of sulfonamides is 1. The Morgan fingerprint density at radius 2 is 2.00 bits per heavy atom. The van der Waals surface area contributed by atoms with Crippen molar-refractivity contribution in [3.05, 3.63) is 54.0 Å². The van der Waals surface area contributed by atoms with Crippen molar-refractivity contribution in [1.29, 1.82) is 0 Å². The van der Waals surface area contributed by atoms with Crippen LogP contribution >= 0.6 is 0 Å². The molecule has 8 heteroatoms. The van der Waals surface area contributed by atoms with Gasteiger partial charge in [0, 0.05) is 33.0 Å². The number of benzene rings is 1. The summed E-state index contributed by atoms with van der Waals surface area (Å²) in [6.07, 6.45) is 3.43.